The maximum Gasteiger partial charge on any atom is 0.0537 e. The Labute approximate surface area is 345 Å². The second kappa shape index (κ2) is 12.5. The topological polar surface area (TPSA) is 8.17 Å². The van der Waals surface area contributed by atoms with Gasteiger partial charge in [-0.25, -0.2) is 0 Å². The minimum Gasteiger partial charge on any atom is -0.310 e. The van der Waals surface area contributed by atoms with Crippen molar-refractivity contribution in [3.05, 3.63) is 173 Å². The van der Waals surface area contributed by atoms with Gasteiger partial charge in [-0.05, 0) is 139 Å². The quantitative estimate of drug-likeness (QED) is 0.174. The Balaban J connectivity index is 1.18. The lowest BCUT2D eigenvalue weighted by molar-refractivity contribution is 0.291. The van der Waals surface area contributed by atoms with E-state index in [1.807, 2.05) is 0 Å². The van der Waals surface area contributed by atoms with Crippen molar-refractivity contribution in [2.24, 2.45) is 11.3 Å². The molecule has 2 nitrogen and oxygen atoms in total. The van der Waals surface area contributed by atoms with E-state index in [0.29, 0.717) is 5.92 Å². The molecular weight excluding hydrogens is 701 g/mol. The van der Waals surface area contributed by atoms with E-state index in [0.717, 1.165) is 12.1 Å². The first-order valence-electron chi connectivity index (χ1n) is 21.3. The van der Waals surface area contributed by atoms with Crippen LogP contribution in [0.25, 0.3) is 44.9 Å². The fourth-order valence-corrected chi connectivity index (χ4v) is 10.5. The summed E-state index contributed by atoms with van der Waals surface area (Å²) in [6.07, 6.45) is 5.92. The normalized spacial score (nSPS) is 17.1. The van der Waals surface area contributed by atoms with E-state index < -0.39 is 0 Å². The number of aromatic nitrogens is 1. The number of allylic oxidation sites excluding steroid dienone is 1. The van der Waals surface area contributed by atoms with E-state index in [9.17, 15) is 0 Å². The van der Waals surface area contributed by atoms with Crippen LogP contribution in [-0.2, 0) is 22.7 Å². The highest BCUT2D eigenvalue weighted by atomic mass is 15.1. The standard InChI is InChI=1S/C56H56N2/c1-53(2,3)35-22-28-51-45(30-35)46-31-36(54(4,5)6)23-29-52(46)58(51)38-17-15-16-37(32-38)57(39-24-26-43-41-18-11-13-20-47(41)55(7,8)49(43)33-39)40-25-27-44-42-19-12-14-21-48(42)56(9,10)50(44)34-40/h11-30,32-34,36H,31H2,1-10H3. The molecule has 1 unspecified atom stereocenters. The van der Waals surface area contributed by atoms with E-state index in [2.05, 4.69) is 218 Å². The van der Waals surface area contributed by atoms with Crippen LogP contribution in [0, 0.1) is 11.3 Å². The van der Waals surface area contributed by atoms with Gasteiger partial charge in [-0.3, -0.25) is 0 Å². The Morgan fingerprint density at radius 1 is 0.552 bits per heavy atom. The SMILES string of the molecule is CC(C)(C)c1ccc2c(c1)c1c(n2-c2cccc(N(c3ccc4c(c3)C(C)(C)c3ccccc3-4)c3ccc4c(c3)C(C)(C)c3ccccc3-4)c2)C=CC(C(C)(C)C)C1. The highest BCUT2D eigenvalue weighted by Gasteiger charge is 2.38. The minimum atomic E-state index is -0.108. The number of hydrogen-bond donors (Lipinski definition) is 0. The molecule has 1 atom stereocenters. The van der Waals surface area contributed by atoms with Crippen molar-refractivity contribution < 1.29 is 0 Å². The molecule has 0 fully saturated rings. The lowest BCUT2D eigenvalue weighted by atomic mass is 9.74. The predicted octanol–water partition coefficient (Wildman–Crippen LogP) is 15.2. The summed E-state index contributed by atoms with van der Waals surface area (Å²) in [5.41, 5.74) is 21.0. The summed E-state index contributed by atoms with van der Waals surface area (Å²) in [5.74, 6) is 0.476. The zero-order valence-electron chi connectivity index (χ0n) is 36.0. The van der Waals surface area contributed by atoms with Crippen LogP contribution in [0.5, 0.6) is 0 Å². The van der Waals surface area contributed by atoms with E-state index in [1.54, 1.807) is 0 Å². The average molecular weight is 757 g/mol. The van der Waals surface area contributed by atoms with Gasteiger partial charge in [0, 0.05) is 44.7 Å². The van der Waals surface area contributed by atoms with E-state index >= 15 is 0 Å². The van der Waals surface area contributed by atoms with Crippen molar-refractivity contribution in [2.75, 3.05) is 4.90 Å². The average Bonchev–Trinajstić information content (AvgIpc) is 3.74. The molecule has 0 amide bonds. The van der Waals surface area contributed by atoms with Crippen molar-refractivity contribution in [3.63, 3.8) is 0 Å². The molecule has 0 saturated carbocycles. The summed E-state index contributed by atoms with van der Waals surface area (Å²) in [7, 11) is 0. The van der Waals surface area contributed by atoms with Crippen molar-refractivity contribution in [1.29, 1.82) is 0 Å². The summed E-state index contributed by atoms with van der Waals surface area (Å²) < 4.78 is 2.53. The molecule has 1 heterocycles. The van der Waals surface area contributed by atoms with Gasteiger partial charge in [-0.1, -0.05) is 148 Å². The molecule has 3 aliphatic rings. The molecule has 290 valence electrons. The van der Waals surface area contributed by atoms with Crippen molar-refractivity contribution in [1.82, 2.24) is 4.57 Å². The first-order valence-corrected chi connectivity index (χ1v) is 21.3. The monoisotopic (exact) mass is 756 g/mol. The Morgan fingerprint density at radius 3 is 1.67 bits per heavy atom. The summed E-state index contributed by atoms with van der Waals surface area (Å²) >= 11 is 0. The van der Waals surface area contributed by atoms with Crippen LogP contribution in [0.15, 0.2) is 133 Å². The highest BCUT2D eigenvalue weighted by Crippen LogP contribution is 2.53. The Bertz CT molecular complexity index is 2730. The summed E-state index contributed by atoms with van der Waals surface area (Å²) in [6.45, 7) is 23.6. The van der Waals surface area contributed by atoms with Gasteiger partial charge >= 0.3 is 0 Å². The maximum atomic E-state index is 2.53. The Hall–Kier alpha value is -5.60. The van der Waals surface area contributed by atoms with Crippen molar-refractivity contribution >= 4 is 34.0 Å². The van der Waals surface area contributed by atoms with Gasteiger partial charge in [0.15, 0.2) is 0 Å². The van der Waals surface area contributed by atoms with Crippen molar-refractivity contribution in [2.45, 2.75) is 91.9 Å². The molecule has 0 aliphatic heterocycles. The fourth-order valence-electron chi connectivity index (χ4n) is 10.5. The van der Waals surface area contributed by atoms with Gasteiger partial charge in [0.25, 0.3) is 0 Å². The molecule has 0 bridgehead atoms. The van der Waals surface area contributed by atoms with Crippen LogP contribution in [0.4, 0.5) is 17.1 Å². The van der Waals surface area contributed by atoms with Gasteiger partial charge in [0.2, 0.25) is 0 Å². The molecule has 0 radical (unpaired) electrons. The number of fused-ring (bicyclic) bond motifs is 9. The summed E-state index contributed by atoms with van der Waals surface area (Å²) in [4.78, 5) is 2.50. The largest absolute Gasteiger partial charge is 0.310 e. The Kier molecular flexibility index (Phi) is 7.88. The third kappa shape index (κ3) is 5.44. The molecule has 3 aliphatic carbocycles. The second-order valence-corrected chi connectivity index (χ2v) is 20.4. The predicted molar refractivity (Wildman–Crippen MR) is 247 cm³/mol. The van der Waals surface area contributed by atoms with Crippen molar-refractivity contribution in [3.8, 4) is 27.9 Å². The van der Waals surface area contributed by atoms with Crippen LogP contribution >= 0.6 is 0 Å². The number of benzene rings is 6. The van der Waals surface area contributed by atoms with Gasteiger partial charge in [0.1, 0.15) is 0 Å². The molecule has 10 rings (SSSR count). The molecule has 7 aromatic rings. The number of hydrogen-bond acceptors (Lipinski definition) is 1. The molecular formula is C56H56N2. The minimum absolute atomic E-state index is 0.0646. The van der Waals surface area contributed by atoms with Crippen LogP contribution < -0.4 is 4.90 Å². The summed E-state index contributed by atoms with van der Waals surface area (Å²) in [6, 6.07) is 48.7. The maximum absolute atomic E-state index is 2.53. The summed E-state index contributed by atoms with van der Waals surface area (Å²) in [5, 5.41) is 1.38. The van der Waals surface area contributed by atoms with Gasteiger partial charge in [-0.2, -0.15) is 0 Å². The van der Waals surface area contributed by atoms with E-state index in [1.165, 1.54) is 89.3 Å². The zero-order chi connectivity index (χ0) is 40.5. The fraction of sp³-hybridized carbons (Fsp3) is 0.286. The van der Waals surface area contributed by atoms with Crippen LogP contribution in [0.1, 0.15) is 108 Å². The third-order valence-corrected chi connectivity index (χ3v) is 14.0. The van der Waals surface area contributed by atoms with Gasteiger partial charge in [-0.15, -0.1) is 0 Å². The Morgan fingerprint density at radius 2 is 1.10 bits per heavy atom. The molecule has 1 aromatic heterocycles. The number of anilines is 3. The van der Waals surface area contributed by atoms with E-state index in [4.69, 9.17) is 0 Å². The van der Waals surface area contributed by atoms with Crippen LogP contribution in [-0.4, -0.2) is 4.57 Å². The third-order valence-electron chi connectivity index (χ3n) is 14.0. The van der Waals surface area contributed by atoms with Gasteiger partial charge in [0.05, 0.1) is 5.52 Å². The smallest absolute Gasteiger partial charge is 0.0537 e. The highest BCUT2D eigenvalue weighted by molar-refractivity contribution is 5.93. The van der Waals surface area contributed by atoms with Crippen LogP contribution in [0.3, 0.4) is 0 Å². The lowest BCUT2D eigenvalue weighted by Crippen LogP contribution is -2.23. The molecule has 0 spiro atoms. The van der Waals surface area contributed by atoms with Gasteiger partial charge < -0.3 is 9.47 Å². The molecule has 2 heteroatoms. The second-order valence-electron chi connectivity index (χ2n) is 20.4. The first-order chi connectivity index (χ1) is 27.5. The van der Waals surface area contributed by atoms with E-state index in [-0.39, 0.29) is 21.7 Å². The molecule has 58 heavy (non-hydrogen) atoms. The van der Waals surface area contributed by atoms with Crippen LogP contribution in [0.2, 0.25) is 0 Å². The number of rotatable bonds is 4. The molecule has 6 aromatic carbocycles. The molecule has 0 saturated heterocycles. The first kappa shape index (κ1) is 36.7. The zero-order valence-corrected chi connectivity index (χ0v) is 36.0. The molecule has 0 N–H and O–H groups in total. The number of nitrogens with zero attached hydrogens (tertiary/aromatic N) is 2. The lowest BCUT2D eigenvalue weighted by Gasteiger charge is -2.31.